The average molecular weight is 200 g/mol. The molecule has 0 radical (unpaired) electrons. The molecule has 0 heterocycles. The first kappa shape index (κ1) is 11.5. The highest BCUT2D eigenvalue weighted by Gasteiger charge is 2.31. The molecule has 2 atom stereocenters. The quantitative estimate of drug-likeness (QED) is 0.640. The zero-order valence-electron chi connectivity index (χ0n) is 8.95. The maximum Gasteiger partial charge on any atom is 0.225 e. The van der Waals surface area contributed by atoms with Gasteiger partial charge in [0.15, 0.2) is 0 Å². The summed E-state index contributed by atoms with van der Waals surface area (Å²) >= 11 is 0. The summed E-state index contributed by atoms with van der Waals surface area (Å²) in [6.45, 7) is 2.86. The lowest BCUT2D eigenvalue weighted by Crippen LogP contribution is -2.44. The molecule has 3 N–H and O–H groups in total. The van der Waals surface area contributed by atoms with Crippen LogP contribution >= 0.6 is 0 Å². The molecule has 0 aromatic rings. The van der Waals surface area contributed by atoms with Gasteiger partial charge in [0.2, 0.25) is 5.91 Å². The Bertz CT molecular complexity index is 193. The van der Waals surface area contributed by atoms with Crippen LogP contribution in [0.25, 0.3) is 0 Å². The van der Waals surface area contributed by atoms with Crippen molar-refractivity contribution in [2.45, 2.75) is 25.8 Å². The third-order valence-corrected chi connectivity index (χ3v) is 2.64. The normalized spacial score (nSPS) is 20.2. The van der Waals surface area contributed by atoms with E-state index in [0.717, 1.165) is 0 Å². The molecule has 4 nitrogen and oxygen atoms in total. The van der Waals surface area contributed by atoms with Gasteiger partial charge in [-0.3, -0.25) is 4.79 Å². The third kappa shape index (κ3) is 3.27. The van der Waals surface area contributed by atoms with E-state index < -0.39 is 0 Å². The van der Waals surface area contributed by atoms with Gasteiger partial charge in [0.1, 0.15) is 0 Å². The molecule has 1 saturated carbocycles. The van der Waals surface area contributed by atoms with E-state index in [-0.39, 0.29) is 17.9 Å². The molecule has 0 aliphatic heterocycles. The van der Waals surface area contributed by atoms with Crippen molar-refractivity contribution in [3.63, 3.8) is 0 Å². The highest BCUT2D eigenvalue weighted by molar-refractivity contribution is 5.78. The van der Waals surface area contributed by atoms with E-state index in [1.807, 2.05) is 6.92 Å². The van der Waals surface area contributed by atoms with Crippen molar-refractivity contribution < 1.29 is 9.53 Å². The largest absolute Gasteiger partial charge is 0.384 e. The van der Waals surface area contributed by atoms with Crippen molar-refractivity contribution in [3.8, 4) is 0 Å². The van der Waals surface area contributed by atoms with Gasteiger partial charge in [-0.05, 0) is 18.8 Å². The molecule has 2 unspecified atom stereocenters. The van der Waals surface area contributed by atoms with Crippen molar-refractivity contribution in [2.75, 3.05) is 20.3 Å². The molecule has 4 heteroatoms. The number of nitrogens with one attached hydrogen (secondary N) is 1. The summed E-state index contributed by atoms with van der Waals surface area (Å²) < 4.78 is 4.92. The highest BCUT2D eigenvalue weighted by Crippen LogP contribution is 2.32. The molecule has 1 rings (SSSR count). The summed E-state index contributed by atoms with van der Waals surface area (Å²) in [5.74, 6) is 0.570. The summed E-state index contributed by atoms with van der Waals surface area (Å²) in [5, 5.41) is 2.97. The zero-order valence-corrected chi connectivity index (χ0v) is 8.95. The molecule has 0 spiro atoms. The van der Waals surface area contributed by atoms with Crippen LogP contribution in [0.1, 0.15) is 19.8 Å². The molecule has 1 amide bonds. The third-order valence-electron chi connectivity index (χ3n) is 2.64. The minimum absolute atomic E-state index is 0.0502. The van der Waals surface area contributed by atoms with Gasteiger partial charge >= 0.3 is 0 Å². The van der Waals surface area contributed by atoms with E-state index in [1.165, 1.54) is 12.8 Å². The average Bonchev–Trinajstić information content (AvgIpc) is 2.97. The number of carbonyl (C=O) groups is 1. The number of hydrogen-bond donors (Lipinski definition) is 2. The monoisotopic (exact) mass is 200 g/mol. The van der Waals surface area contributed by atoms with Crippen molar-refractivity contribution >= 4 is 5.91 Å². The fourth-order valence-corrected chi connectivity index (χ4v) is 1.52. The first-order valence-electron chi connectivity index (χ1n) is 5.18. The molecule has 0 bridgehead atoms. The van der Waals surface area contributed by atoms with Crippen LogP contribution in [-0.4, -0.2) is 32.2 Å². The van der Waals surface area contributed by atoms with Gasteiger partial charge in [0.05, 0.1) is 12.5 Å². The molecule has 0 aromatic heterocycles. The van der Waals surface area contributed by atoms with E-state index in [0.29, 0.717) is 19.1 Å². The van der Waals surface area contributed by atoms with E-state index in [1.54, 1.807) is 7.11 Å². The summed E-state index contributed by atoms with van der Waals surface area (Å²) in [6.07, 6.45) is 2.39. The second kappa shape index (κ2) is 5.32. The van der Waals surface area contributed by atoms with Gasteiger partial charge in [-0.15, -0.1) is 0 Å². The molecular weight excluding hydrogens is 180 g/mol. The Hall–Kier alpha value is -0.610. The number of carbonyl (C=O) groups excluding carboxylic acids is 1. The minimum atomic E-state index is -0.0900. The predicted octanol–water partition coefficient (Wildman–Crippen LogP) is 0.122. The molecule has 82 valence electrons. The number of methoxy groups -OCH3 is 1. The van der Waals surface area contributed by atoms with Gasteiger partial charge in [-0.2, -0.15) is 0 Å². The number of ether oxygens (including phenoxy) is 1. The van der Waals surface area contributed by atoms with E-state index in [4.69, 9.17) is 10.5 Å². The van der Waals surface area contributed by atoms with Gasteiger partial charge in [0.25, 0.3) is 0 Å². The van der Waals surface area contributed by atoms with Crippen LogP contribution in [0, 0.1) is 11.8 Å². The maximum atomic E-state index is 11.6. The maximum absolute atomic E-state index is 11.6. The van der Waals surface area contributed by atoms with Crippen LogP contribution in [0.15, 0.2) is 0 Å². The van der Waals surface area contributed by atoms with Crippen LogP contribution in [-0.2, 0) is 9.53 Å². The molecular formula is C10H20N2O2. The van der Waals surface area contributed by atoms with Crippen LogP contribution in [0.4, 0.5) is 0 Å². The Morgan fingerprint density at radius 1 is 1.64 bits per heavy atom. The molecule has 1 aliphatic carbocycles. The minimum Gasteiger partial charge on any atom is -0.384 e. The zero-order chi connectivity index (χ0) is 10.6. The van der Waals surface area contributed by atoms with Crippen molar-refractivity contribution in [3.05, 3.63) is 0 Å². The van der Waals surface area contributed by atoms with Crippen LogP contribution in [0.3, 0.4) is 0 Å². The summed E-state index contributed by atoms with van der Waals surface area (Å²) in [4.78, 5) is 11.6. The lowest BCUT2D eigenvalue weighted by Gasteiger charge is -2.18. The fourth-order valence-electron chi connectivity index (χ4n) is 1.52. The smallest absolute Gasteiger partial charge is 0.225 e. The second-order valence-electron chi connectivity index (χ2n) is 4.04. The SMILES string of the molecule is COCC(C)C(=O)NC(CN)C1CC1. The number of hydrogen-bond acceptors (Lipinski definition) is 3. The molecule has 0 aromatic carbocycles. The van der Waals surface area contributed by atoms with Crippen molar-refractivity contribution in [1.29, 1.82) is 0 Å². The first-order chi connectivity index (χ1) is 6.69. The molecule has 0 saturated heterocycles. The van der Waals surface area contributed by atoms with Crippen molar-refractivity contribution in [1.82, 2.24) is 5.32 Å². The predicted molar refractivity (Wildman–Crippen MR) is 54.7 cm³/mol. The number of amides is 1. The number of rotatable bonds is 6. The lowest BCUT2D eigenvalue weighted by molar-refractivity contribution is -0.126. The standard InChI is InChI=1S/C10H20N2O2/c1-7(6-14-2)10(13)12-9(5-11)8-3-4-8/h7-9H,3-6,11H2,1-2H3,(H,12,13). The van der Waals surface area contributed by atoms with Crippen LogP contribution in [0.5, 0.6) is 0 Å². The highest BCUT2D eigenvalue weighted by atomic mass is 16.5. The van der Waals surface area contributed by atoms with Crippen LogP contribution < -0.4 is 11.1 Å². The van der Waals surface area contributed by atoms with Gasteiger partial charge in [-0.25, -0.2) is 0 Å². The first-order valence-corrected chi connectivity index (χ1v) is 5.18. The van der Waals surface area contributed by atoms with Gasteiger partial charge in [-0.1, -0.05) is 6.92 Å². The lowest BCUT2D eigenvalue weighted by atomic mass is 10.1. The van der Waals surface area contributed by atoms with E-state index in [2.05, 4.69) is 5.32 Å². The second-order valence-corrected chi connectivity index (χ2v) is 4.04. The number of nitrogens with two attached hydrogens (primary N) is 1. The Morgan fingerprint density at radius 3 is 2.71 bits per heavy atom. The van der Waals surface area contributed by atoms with Gasteiger partial charge in [0, 0.05) is 19.7 Å². The summed E-state index contributed by atoms with van der Waals surface area (Å²) in [5.41, 5.74) is 5.59. The fraction of sp³-hybridized carbons (Fsp3) is 0.900. The molecule has 1 aliphatic rings. The Kier molecular flexibility index (Phi) is 4.35. The Morgan fingerprint density at radius 2 is 2.29 bits per heavy atom. The summed E-state index contributed by atoms with van der Waals surface area (Å²) in [7, 11) is 1.60. The Labute approximate surface area is 85.2 Å². The topological polar surface area (TPSA) is 64.3 Å². The van der Waals surface area contributed by atoms with Crippen molar-refractivity contribution in [2.24, 2.45) is 17.6 Å². The van der Waals surface area contributed by atoms with E-state index in [9.17, 15) is 4.79 Å². The molecule has 1 fully saturated rings. The van der Waals surface area contributed by atoms with Crippen LogP contribution in [0.2, 0.25) is 0 Å². The summed E-state index contributed by atoms with van der Waals surface area (Å²) in [6, 6.07) is 0.168. The molecule has 14 heavy (non-hydrogen) atoms. The Balaban J connectivity index is 2.29. The van der Waals surface area contributed by atoms with Gasteiger partial charge < -0.3 is 15.8 Å². The van der Waals surface area contributed by atoms with E-state index >= 15 is 0 Å².